The van der Waals surface area contributed by atoms with Crippen LogP contribution in [0.5, 0.6) is 0 Å². The van der Waals surface area contributed by atoms with Crippen molar-refractivity contribution >= 4 is 18.0 Å². The Morgan fingerprint density at radius 1 is 0.796 bits per heavy atom. The number of rotatable bonds is 14. The number of halogens is 13. The summed E-state index contributed by atoms with van der Waals surface area (Å²) in [5, 5.41) is 14.1. The Bertz CT molecular complexity index is 1780. The van der Waals surface area contributed by atoms with E-state index in [1.165, 1.54) is 44.4 Å². The highest BCUT2D eigenvalue weighted by atomic mass is 19.4. The summed E-state index contributed by atoms with van der Waals surface area (Å²) >= 11 is 0. The van der Waals surface area contributed by atoms with E-state index in [1.807, 2.05) is 0 Å². The molecule has 0 radical (unpaired) electrons. The normalized spacial score (nSPS) is 16.1. The van der Waals surface area contributed by atoms with Gasteiger partial charge in [0.15, 0.2) is 0 Å². The minimum Gasteiger partial charge on any atom is -0.434 e. The number of benzene rings is 1. The molecule has 298 valence electrons. The van der Waals surface area contributed by atoms with Crippen molar-refractivity contribution in [3.05, 3.63) is 92.9 Å². The van der Waals surface area contributed by atoms with E-state index in [-0.39, 0.29) is 29.3 Å². The summed E-state index contributed by atoms with van der Waals surface area (Å²) in [7, 11) is 0. The molecular formula is C30H24F13N3O8. The van der Waals surface area contributed by atoms with Crippen LogP contribution < -0.4 is 5.32 Å². The van der Waals surface area contributed by atoms with Gasteiger partial charge in [0, 0.05) is 36.5 Å². The zero-order valence-corrected chi connectivity index (χ0v) is 27.1. The summed E-state index contributed by atoms with van der Waals surface area (Å²) in [4.78, 5) is 39.7. The van der Waals surface area contributed by atoms with Crippen molar-refractivity contribution in [3.8, 4) is 0 Å². The van der Waals surface area contributed by atoms with Crippen LogP contribution in [0.1, 0.15) is 43.7 Å². The van der Waals surface area contributed by atoms with Crippen LogP contribution in [0.15, 0.2) is 71.7 Å². The Morgan fingerprint density at radius 2 is 1.35 bits per heavy atom. The van der Waals surface area contributed by atoms with Crippen LogP contribution in [-0.4, -0.2) is 64.6 Å². The molecule has 2 heterocycles. The average Bonchev–Trinajstić information content (AvgIpc) is 3.07. The Balaban J connectivity index is 1.78. The van der Waals surface area contributed by atoms with Gasteiger partial charge >= 0.3 is 48.1 Å². The smallest absolute Gasteiger partial charge is 0.434 e. The Hall–Kier alpha value is -5.32. The number of carbonyl (C=O) groups is 2. The first-order valence-electron chi connectivity index (χ1n) is 14.7. The fraction of sp³-hybridized carbons (Fsp3) is 0.433. The van der Waals surface area contributed by atoms with Crippen LogP contribution in [0.25, 0.3) is 0 Å². The number of nitrogens with zero attached hydrogens (tertiary/aromatic N) is 2. The molecule has 11 nitrogen and oxygen atoms in total. The van der Waals surface area contributed by atoms with Gasteiger partial charge in [-0.25, -0.2) is 9.59 Å². The highest BCUT2D eigenvalue weighted by Gasteiger charge is 2.90. The lowest BCUT2D eigenvalue weighted by atomic mass is 9.90. The first-order valence-corrected chi connectivity index (χ1v) is 14.7. The molecule has 0 saturated heterocycles. The third-order valence-electron chi connectivity index (χ3n) is 7.37. The fourth-order valence-electron chi connectivity index (χ4n) is 4.62. The maximum absolute atomic E-state index is 14.1. The number of nitro groups is 1. The minimum atomic E-state index is -8.06. The molecule has 0 saturated carbocycles. The van der Waals surface area contributed by atoms with Crippen LogP contribution in [0.4, 0.5) is 72.4 Å². The van der Waals surface area contributed by atoms with Crippen molar-refractivity contribution in [1.82, 2.24) is 10.3 Å². The Labute approximate surface area is 293 Å². The molecular weight excluding hydrogens is 777 g/mol. The predicted octanol–water partition coefficient (Wildman–Crippen LogP) is 9.17. The monoisotopic (exact) mass is 801 g/mol. The maximum atomic E-state index is 14.1. The molecule has 0 aliphatic carbocycles. The lowest BCUT2D eigenvalue weighted by molar-refractivity contribution is -0.440. The highest BCUT2D eigenvalue weighted by molar-refractivity contribution is 5.65. The van der Waals surface area contributed by atoms with Crippen LogP contribution >= 0.6 is 0 Å². The second-order valence-electron chi connectivity index (χ2n) is 11.2. The lowest BCUT2D eigenvalue weighted by Crippen LogP contribution is -2.70. The standard InChI is InChI=1S/C30H24F13N3O8/c1-15-21(53-23(47)51-11-5-9-25(31,32)26(33,34)27(35,36)28(37,38)29(39,40)30(41,42)43)20(18-7-3-8-19(12-18)46(49)50)22(16(2)45-15)54-24(48)52-14-17-6-4-10-44-13-17/h3-4,6-8,10,12-13,20,45H,5,9,11,14H2,1-2H3. The molecule has 1 aromatic heterocycles. The van der Waals surface area contributed by atoms with Crippen molar-refractivity contribution in [1.29, 1.82) is 0 Å². The lowest BCUT2D eigenvalue weighted by Gasteiger charge is -2.39. The fourth-order valence-corrected chi connectivity index (χ4v) is 4.62. The van der Waals surface area contributed by atoms with Gasteiger partial charge in [-0.1, -0.05) is 18.2 Å². The molecule has 24 heteroatoms. The molecule has 2 aromatic rings. The number of aromatic nitrogens is 1. The number of non-ortho nitro benzene ring substituents is 1. The van der Waals surface area contributed by atoms with Crippen molar-refractivity contribution in [2.45, 2.75) is 75.0 Å². The number of nitrogens with one attached hydrogen (secondary N) is 1. The topological polar surface area (TPSA) is 139 Å². The van der Waals surface area contributed by atoms with E-state index < -0.39 is 89.8 Å². The molecule has 3 rings (SSSR count). The molecule has 1 atom stereocenters. The molecule has 1 aliphatic rings. The van der Waals surface area contributed by atoms with Gasteiger partial charge in [-0.2, -0.15) is 57.1 Å². The summed E-state index contributed by atoms with van der Waals surface area (Å²) in [6.07, 6.45) is -12.2. The Kier molecular flexibility index (Phi) is 12.4. The number of nitro benzene ring substituents is 1. The van der Waals surface area contributed by atoms with Gasteiger partial charge in [0.25, 0.3) is 5.69 Å². The maximum Gasteiger partial charge on any atom is 0.513 e. The number of ether oxygens (including phenoxy) is 4. The predicted molar refractivity (Wildman–Crippen MR) is 152 cm³/mol. The van der Waals surface area contributed by atoms with E-state index in [0.29, 0.717) is 5.56 Å². The van der Waals surface area contributed by atoms with Crippen molar-refractivity contribution in [2.75, 3.05) is 6.61 Å². The number of allylic oxidation sites excluding steroid dienone is 2. The van der Waals surface area contributed by atoms with Crippen LogP contribution in [0, 0.1) is 10.1 Å². The van der Waals surface area contributed by atoms with Gasteiger partial charge in [0.1, 0.15) is 24.0 Å². The SMILES string of the molecule is CC1=C(OC(=O)OCCCC(F)(F)C(F)(F)C(F)(F)C(F)(F)C(F)(F)C(F)(F)F)C(c2cccc([N+](=O)[O-])c2)C(OC(=O)OCc2cccnc2)=C(C)N1. The van der Waals surface area contributed by atoms with Gasteiger partial charge in [0.2, 0.25) is 0 Å². The average molecular weight is 802 g/mol. The number of alkyl halides is 13. The Morgan fingerprint density at radius 3 is 1.87 bits per heavy atom. The number of hydrogen-bond acceptors (Lipinski definition) is 10. The molecule has 0 spiro atoms. The molecule has 0 bridgehead atoms. The summed E-state index contributed by atoms with van der Waals surface area (Å²) in [6, 6.07) is 7.56. The van der Waals surface area contributed by atoms with Crippen LogP contribution in [-0.2, 0) is 25.6 Å². The van der Waals surface area contributed by atoms with Crippen molar-refractivity contribution in [3.63, 3.8) is 0 Å². The minimum absolute atomic E-state index is 0.0570. The second kappa shape index (κ2) is 15.6. The molecule has 1 aliphatic heterocycles. The van der Waals surface area contributed by atoms with E-state index in [9.17, 15) is 76.8 Å². The summed E-state index contributed by atoms with van der Waals surface area (Å²) in [6.45, 7) is 0.815. The van der Waals surface area contributed by atoms with Gasteiger partial charge in [-0.05, 0) is 31.9 Å². The van der Waals surface area contributed by atoms with E-state index in [2.05, 4.69) is 15.0 Å². The van der Waals surface area contributed by atoms with Crippen LogP contribution in [0.3, 0.4) is 0 Å². The quantitative estimate of drug-likeness (QED) is 0.0647. The van der Waals surface area contributed by atoms with E-state index in [4.69, 9.17) is 14.2 Å². The highest BCUT2D eigenvalue weighted by Crippen LogP contribution is 2.60. The van der Waals surface area contributed by atoms with E-state index in [1.54, 1.807) is 6.07 Å². The summed E-state index contributed by atoms with van der Waals surface area (Å²) < 4.78 is 194. The zero-order valence-electron chi connectivity index (χ0n) is 27.1. The molecule has 0 amide bonds. The third kappa shape index (κ3) is 8.56. The molecule has 1 N–H and O–H groups in total. The van der Waals surface area contributed by atoms with Crippen molar-refractivity contribution in [2.24, 2.45) is 0 Å². The van der Waals surface area contributed by atoms with Gasteiger partial charge in [0.05, 0.1) is 22.9 Å². The number of carbonyl (C=O) groups excluding carboxylic acids is 2. The molecule has 1 aromatic carbocycles. The van der Waals surface area contributed by atoms with Crippen LogP contribution in [0.2, 0.25) is 0 Å². The molecule has 0 fully saturated rings. The molecule has 1 unspecified atom stereocenters. The first kappa shape index (κ1) is 43.1. The van der Waals surface area contributed by atoms with Gasteiger partial charge < -0.3 is 24.3 Å². The van der Waals surface area contributed by atoms with Gasteiger partial charge in [-0.3, -0.25) is 15.1 Å². The van der Waals surface area contributed by atoms with Gasteiger partial charge in [-0.15, -0.1) is 0 Å². The largest absolute Gasteiger partial charge is 0.513 e. The second-order valence-corrected chi connectivity index (χ2v) is 11.2. The number of dihydropyridines is 1. The molecule has 54 heavy (non-hydrogen) atoms. The first-order chi connectivity index (χ1) is 24.7. The summed E-state index contributed by atoms with van der Waals surface area (Å²) in [5.74, 6) is -40.3. The number of pyridine rings is 1. The van der Waals surface area contributed by atoms with E-state index in [0.717, 1.165) is 12.1 Å². The van der Waals surface area contributed by atoms with Crippen molar-refractivity contribution < 1.29 is 90.5 Å². The third-order valence-corrected chi connectivity index (χ3v) is 7.37. The summed E-state index contributed by atoms with van der Waals surface area (Å²) in [5.41, 5.74) is -0.165. The zero-order chi connectivity index (χ0) is 41.1. The van der Waals surface area contributed by atoms with E-state index >= 15 is 0 Å². The number of hydrogen-bond donors (Lipinski definition) is 1.